The van der Waals surface area contributed by atoms with Crippen molar-refractivity contribution in [3.8, 4) is 22.8 Å². The summed E-state index contributed by atoms with van der Waals surface area (Å²) in [6, 6.07) is 5.99. The molecule has 1 fully saturated rings. The van der Waals surface area contributed by atoms with E-state index >= 15 is 0 Å². The van der Waals surface area contributed by atoms with Gasteiger partial charge in [0.25, 0.3) is 0 Å². The Morgan fingerprint density at radius 2 is 2.00 bits per heavy atom. The van der Waals surface area contributed by atoms with Crippen LogP contribution in [0, 0.1) is 12.8 Å². The van der Waals surface area contributed by atoms with Crippen LogP contribution in [0.2, 0.25) is 0 Å². The molecular formula is C18H24N2O2S. The molecule has 1 aliphatic rings. The first-order chi connectivity index (χ1) is 11.1. The van der Waals surface area contributed by atoms with Gasteiger partial charge in [0.1, 0.15) is 0 Å². The van der Waals surface area contributed by atoms with Gasteiger partial charge >= 0.3 is 0 Å². The lowest BCUT2D eigenvalue weighted by Crippen LogP contribution is -2.34. The third-order valence-electron chi connectivity index (χ3n) is 4.37. The van der Waals surface area contributed by atoms with Crippen LogP contribution in [-0.4, -0.2) is 32.3 Å². The molecular weight excluding hydrogens is 308 g/mol. The Labute approximate surface area is 142 Å². The van der Waals surface area contributed by atoms with Crippen molar-refractivity contribution < 1.29 is 9.47 Å². The van der Waals surface area contributed by atoms with Crippen LogP contribution < -0.4 is 14.4 Å². The van der Waals surface area contributed by atoms with Gasteiger partial charge in [-0.25, -0.2) is 4.98 Å². The molecule has 0 bridgehead atoms. The third kappa shape index (κ3) is 3.29. The van der Waals surface area contributed by atoms with Crippen molar-refractivity contribution in [1.29, 1.82) is 0 Å². The van der Waals surface area contributed by atoms with Crippen LogP contribution in [0.25, 0.3) is 11.3 Å². The number of nitrogens with zero attached hydrogens (tertiary/aromatic N) is 2. The number of rotatable bonds is 4. The van der Waals surface area contributed by atoms with Gasteiger partial charge in [-0.3, -0.25) is 0 Å². The summed E-state index contributed by atoms with van der Waals surface area (Å²) in [6.07, 6.45) is 2.58. The lowest BCUT2D eigenvalue weighted by atomic mass is 10.0. The second-order valence-electron chi connectivity index (χ2n) is 6.16. The van der Waals surface area contributed by atoms with Crippen LogP contribution in [0.3, 0.4) is 0 Å². The number of aryl methyl sites for hydroxylation is 1. The number of benzene rings is 1. The fraction of sp³-hybridized carbons (Fsp3) is 0.500. The number of anilines is 1. The zero-order valence-corrected chi connectivity index (χ0v) is 15.1. The van der Waals surface area contributed by atoms with Crippen molar-refractivity contribution in [2.75, 3.05) is 32.2 Å². The quantitative estimate of drug-likeness (QED) is 0.832. The predicted molar refractivity (Wildman–Crippen MR) is 96.0 cm³/mol. The minimum Gasteiger partial charge on any atom is -0.493 e. The number of hydrogen-bond donors (Lipinski definition) is 0. The molecule has 2 heterocycles. The fourth-order valence-electron chi connectivity index (χ4n) is 3.13. The van der Waals surface area contributed by atoms with E-state index in [4.69, 9.17) is 14.5 Å². The van der Waals surface area contributed by atoms with Crippen LogP contribution in [0.1, 0.15) is 24.6 Å². The highest BCUT2D eigenvalue weighted by atomic mass is 32.1. The molecule has 0 saturated carbocycles. The first-order valence-electron chi connectivity index (χ1n) is 8.07. The van der Waals surface area contributed by atoms with E-state index in [-0.39, 0.29) is 0 Å². The molecule has 1 aromatic carbocycles. The molecule has 0 amide bonds. The van der Waals surface area contributed by atoms with E-state index in [0.717, 1.165) is 46.9 Å². The molecule has 5 heteroatoms. The monoisotopic (exact) mass is 332 g/mol. The molecule has 2 aromatic rings. The zero-order valence-electron chi connectivity index (χ0n) is 14.3. The van der Waals surface area contributed by atoms with Gasteiger partial charge in [-0.05, 0) is 43.9 Å². The average molecular weight is 332 g/mol. The summed E-state index contributed by atoms with van der Waals surface area (Å²) in [5.41, 5.74) is 2.12. The Morgan fingerprint density at radius 1 is 1.22 bits per heavy atom. The molecule has 1 aromatic heterocycles. The molecule has 1 aliphatic heterocycles. The highest BCUT2D eigenvalue weighted by Crippen LogP contribution is 2.37. The minimum atomic E-state index is 0.741. The predicted octanol–water partition coefficient (Wildman–Crippen LogP) is 4.37. The number of aromatic nitrogens is 1. The van der Waals surface area contributed by atoms with Gasteiger partial charge < -0.3 is 14.4 Å². The second-order valence-corrected chi connectivity index (χ2v) is 7.35. The van der Waals surface area contributed by atoms with Crippen LogP contribution >= 0.6 is 11.3 Å². The van der Waals surface area contributed by atoms with Gasteiger partial charge in [0.2, 0.25) is 0 Å². The van der Waals surface area contributed by atoms with Crippen molar-refractivity contribution in [2.24, 2.45) is 5.92 Å². The number of ether oxygens (including phenoxy) is 2. The summed E-state index contributed by atoms with van der Waals surface area (Å²) >= 11 is 1.78. The zero-order chi connectivity index (χ0) is 16.4. The molecule has 0 N–H and O–H groups in total. The smallest absolute Gasteiger partial charge is 0.186 e. The minimum absolute atomic E-state index is 0.741. The number of piperidine rings is 1. The average Bonchev–Trinajstić information content (AvgIpc) is 2.96. The van der Waals surface area contributed by atoms with Gasteiger partial charge in [0, 0.05) is 23.5 Å². The van der Waals surface area contributed by atoms with Crippen LogP contribution in [0.15, 0.2) is 18.2 Å². The van der Waals surface area contributed by atoms with Crippen molar-refractivity contribution in [1.82, 2.24) is 4.98 Å². The number of hydrogen-bond acceptors (Lipinski definition) is 5. The summed E-state index contributed by atoms with van der Waals surface area (Å²) in [6.45, 7) is 6.68. The fourth-order valence-corrected chi connectivity index (χ4v) is 4.10. The van der Waals surface area contributed by atoms with Crippen LogP contribution in [0.5, 0.6) is 11.5 Å². The maximum absolute atomic E-state index is 5.42. The van der Waals surface area contributed by atoms with Gasteiger partial charge in [-0.2, -0.15) is 0 Å². The molecule has 1 unspecified atom stereocenters. The van der Waals surface area contributed by atoms with E-state index in [1.165, 1.54) is 17.7 Å². The van der Waals surface area contributed by atoms with E-state index in [0.29, 0.717) is 0 Å². The third-order valence-corrected chi connectivity index (χ3v) is 5.40. The van der Waals surface area contributed by atoms with Gasteiger partial charge in [0.15, 0.2) is 16.6 Å². The Balaban J connectivity index is 1.91. The van der Waals surface area contributed by atoms with E-state index in [9.17, 15) is 0 Å². The molecule has 0 radical (unpaired) electrons. The Kier molecular flexibility index (Phi) is 4.76. The maximum Gasteiger partial charge on any atom is 0.186 e. The Bertz CT molecular complexity index is 684. The van der Waals surface area contributed by atoms with E-state index < -0.39 is 0 Å². The van der Waals surface area contributed by atoms with Crippen molar-refractivity contribution in [3.05, 3.63) is 23.1 Å². The summed E-state index contributed by atoms with van der Waals surface area (Å²) < 4.78 is 10.7. The second kappa shape index (κ2) is 6.79. The van der Waals surface area contributed by atoms with Crippen LogP contribution in [-0.2, 0) is 0 Å². The normalized spacial score (nSPS) is 18.1. The molecule has 3 rings (SSSR count). The highest BCUT2D eigenvalue weighted by Gasteiger charge is 2.21. The van der Waals surface area contributed by atoms with E-state index in [1.807, 2.05) is 18.2 Å². The molecule has 1 atom stereocenters. The number of methoxy groups -OCH3 is 2. The summed E-state index contributed by atoms with van der Waals surface area (Å²) in [5.74, 6) is 2.23. The van der Waals surface area contributed by atoms with E-state index in [2.05, 4.69) is 18.7 Å². The molecule has 4 nitrogen and oxygen atoms in total. The highest BCUT2D eigenvalue weighted by molar-refractivity contribution is 7.16. The van der Waals surface area contributed by atoms with E-state index in [1.54, 1.807) is 25.6 Å². The molecule has 23 heavy (non-hydrogen) atoms. The number of thiazole rings is 1. The van der Waals surface area contributed by atoms with Crippen LogP contribution in [0.4, 0.5) is 5.13 Å². The molecule has 0 aliphatic carbocycles. The summed E-state index contributed by atoms with van der Waals surface area (Å²) in [7, 11) is 3.32. The molecule has 1 saturated heterocycles. The standard InChI is InChI=1S/C18H24N2O2S/c1-12-6-5-9-20(11-12)18-19-17(13(2)23-18)14-7-8-15(21-3)16(10-14)22-4/h7-8,10,12H,5-6,9,11H2,1-4H3. The maximum atomic E-state index is 5.42. The largest absolute Gasteiger partial charge is 0.493 e. The van der Waals surface area contributed by atoms with Crippen molar-refractivity contribution >= 4 is 16.5 Å². The SMILES string of the molecule is COc1ccc(-c2nc(N3CCCC(C)C3)sc2C)cc1OC. The first-order valence-corrected chi connectivity index (χ1v) is 8.88. The Hall–Kier alpha value is -1.75. The lowest BCUT2D eigenvalue weighted by molar-refractivity contribution is 0.355. The van der Waals surface area contributed by atoms with Gasteiger partial charge in [0.05, 0.1) is 19.9 Å². The topological polar surface area (TPSA) is 34.6 Å². The molecule has 124 valence electrons. The van der Waals surface area contributed by atoms with Crippen molar-refractivity contribution in [2.45, 2.75) is 26.7 Å². The lowest BCUT2D eigenvalue weighted by Gasteiger charge is -2.30. The van der Waals surface area contributed by atoms with Crippen molar-refractivity contribution in [3.63, 3.8) is 0 Å². The summed E-state index contributed by atoms with van der Waals surface area (Å²) in [4.78, 5) is 8.58. The summed E-state index contributed by atoms with van der Waals surface area (Å²) in [5, 5.41) is 1.14. The molecule has 0 spiro atoms. The first kappa shape index (κ1) is 16.1. The van der Waals surface area contributed by atoms with Gasteiger partial charge in [-0.15, -0.1) is 11.3 Å². The van der Waals surface area contributed by atoms with Gasteiger partial charge in [-0.1, -0.05) is 6.92 Å². The Morgan fingerprint density at radius 3 is 2.70 bits per heavy atom.